The molecule has 112 valence electrons. The summed E-state index contributed by atoms with van der Waals surface area (Å²) in [7, 11) is -3.76. The van der Waals surface area contributed by atoms with E-state index in [1.165, 1.54) is 6.07 Å². The lowest BCUT2D eigenvalue weighted by atomic mass is 10.2. The Hall–Kier alpha value is -1.10. The maximum Gasteiger partial charge on any atom is 0.272 e. The largest absolute Gasteiger partial charge is 0.409 e. The number of rotatable bonds is 4. The first-order chi connectivity index (χ1) is 9.85. The van der Waals surface area contributed by atoms with E-state index in [0.29, 0.717) is 8.95 Å². The second kappa shape index (κ2) is 6.34. The van der Waals surface area contributed by atoms with Crippen LogP contribution in [0.2, 0.25) is 0 Å². The summed E-state index contributed by atoms with van der Waals surface area (Å²) in [6.45, 7) is 0. The molecule has 0 unspecified atom stereocenters. The van der Waals surface area contributed by atoms with Crippen LogP contribution in [0, 0.1) is 0 Å². The van der Waals surface area contributed by atoms with Crippen molar-refractivity contribution in [2.45, 2.75) is 4.21 Å². The first-order valence-electron chi connectivity index (χ1n) is 5.38. The second-order valence-corrected chi connectivity index (χ2v) is 8.40. The summed E-state index contributed by atoms with van der Waals surface area (Å²) < 4.78 is 28.4. The van der Waals surface area contributed by atoms with E-state index in [4.69, 9.17) is 10.9 Å². The molecule has 1 aromatic carbocycles. The number of amidine groups is 1. The fraction of sp³-hybridized carbons (Fsp3) is 0. The number of hydrogen-bond donors (Lipinski definition) is 3. The number of halogens is 2. The summed E-state index contributed by atoms with van der Waals surface area (Å²) >= 11 is 7.51. The Morgan fingerprint density at radius 1 is 1.33 bits per heavy atom. The SMILES string of the molecule is N/C(=N/O)c1cc(Br)ccc1NS(=O)(=O)c1sccc1Br. The first kappa shape index (κ1) is 16.3. The highest BCUT2D eigenvalue weighted by atomic mass is 79.9. The maximum atomic E-state index is 12.3. The van der Waals surface area contributed by atoms with Gasteiger partial charge in [-0.25, -0.2) is 8.42 Å². The van der Waals surface area contributed by atoms with Gasteiger partial charge in [0.1, 0.15) is 0 Å². The zero-order chi connectivity index (χ0) is 15.6. The number of nitrogens with one attached hydrogen (secondary N) is 1. The predicted molar refractivity (Wildman–Crippen MR) is 89.5 cm³/mol. The molecule has 6 nitrogen and oxygen atoms in total. The Kier molecular flexibility index (Phi) is 4.91. The number of thiophene rings is 1. The van der Waals surface area contributed by atoms with Crippen LogP contribution < -0.4 is 10.5 Å². The van der Waals surface area contributed by atoms with E-state index in [0.717, 1.165) is 11.3 Å². The molecule has 0 aliphatic carbocycles. The molecule has 0 fully saturated rings. The number of nitrogens with zero attached hydrogens (tertiary/aromatic N) is 1. The molecule has 2 aromatic rings. The van der Waals surface area contributed by atoms with Gasteiger partial charge >= 0.3 is 0 Å². The topological polar surface area (TPSA) is 105 Å². The van der Waals surface area contributed by atoms with Crippen molar-refractivity contribution in [1.29, 1.82) is 0 Å². The van der Waals surface area contributed by atoms with Gasteiger partial charge in [-0.1, -0.05) is 21.1 Å². The number of sulfonamides is 1. The van der Waals surface area contributed by atoms with Crippen LogP contribution in [-0.2, 0) is 10.0 Å². The minimum Gasteiger partial charge on any atom is -0.409 e. The third-order valence-electron chi connectivity index (χ3n) is 2.44. The van der Waals surface area contributed by atoms with Gasteiger partial charge < -0.3 is 10.9 Å². The molecule has 1 aromatic heterocycles. The van der Waals surface area contributed by atoms with E-state index in [9.17, 15) is 8.42 Å². The lowest BCUT2D eigenvalue weighted by Crippen LogP contribution is -2.19. The fourth-order valence-electron chi connectivity index (χ4n) is 1.53. The van der Waals surface area contributed by atoms with Crippen molar-refractivity contribution in [1.82, 2.24) is 0 Å². The Morgan fingerprint density at radius 2 is 2.05 bits per heavy atom. The van der Waals surface area contributed by atoms with Crippen LogP contribution in [0.15, 0.2) is 48.0 Å². The molecular formula is C11H9Br2N3O3S2. The normalized spacial score (nSPS) is 12.4. The molecular weight excluding hydrogens is 446 g/mol. The Bertz CT molecular complexity index is 803. The summed E-state index contributed by atoms with van der Waals surface area (Å²) in [5.41, 5.74) is 6.05. The van der Waals surface area contributed by atoms with Gasteiger partial charge in [0, 0.05) is 14.5 Å². The molecule has 1 heterocycles. The van der Waals surface area contributed by atoms with Crippen LogP contribution in [0.5, 0.6) is 0 Å². The number of nitrogens with two attached hydrogens (primary N) is 1. The van der Waals surface area contributed by atoms with Crippen molar-refractivity contribution in [2.75, 3.05) is 4.72 Å². The molecule has 0 aliphatic heterocycles. The average molecular weight is 455 g/mol. The van der Waals surface area contributed by atoms with Crippen LogP contribution in [0.25, 0.3) is 0 Å². The molecule has 4 N–H and O–H groups in total. The number of oxime groups is 1. The van der Waals surface area contributed by atoms with E-state index in [1.54, 1.807) is 23.6 Å². The van der Waals surface area contributed by atoms with E-state index < -0.39 is 10.0 Å². The Balaban J connectivity index is 2.47. The minimum absolute atomic E-state index is 0.149. The molecule has 0 atom stereocenters. The van der Waals surface area contributed by atoms with Crippen LogP contribution in [-0.4, -0.2) is 19.5 Å². The molecule has 0 amide bonds. The highest BCUT2D eigenvalue weighted by Crippen LogP contribution is 2.30. The van der Waals surface area contributed by atoms with Gasteiger partial charge in [-0.15, -0.1) is 11.3 Å². The number of hydrogen-bond acceptors (Lipinski definition) is 5. The Morgan fingerprint density at radius 3 is 2.62 bits per heavy atom. The summed E-state index contributed by atoms with van der Waals surface area (Å²) in [6, 6.07) is 6.37. The minimum atomic E-state index is -3.76. The van der Waals surface area contributed by atoms with Crippen LogP contribution >= 0.6 is 43.2 Å². The van der Waals surface area contributed by atoms with Crippen molar-refractivity contribution in [3.05, 3.63) is 44.2 Å². The smallest absolute Gasteiger partial charge is 0.272 e. The highest BCUT2D eigenvalue weighted by Gasteiger charge is 2.21. The van der Waals surface area contributed by atoms with Gasteiger partial charge in [-0.3, -0.25) is 4.72 Å². The van der Waals surface area contributed by atoms with Gasteiger partial charge in [0.05, 0.1) is 5.69 Å². The number of benzene rings is 1. The average Bonchev–Trinajstić information content (AvgIpc) is 2.87. The molecule has 0 saturated heterocycles. The van der Waals surface area contributed by atoms with Gasteiger partial charge in [0.15, 0.2) is 10.0 Å². The Labute approximate surface area is 142 Å². The van der Waals surface area contributed by atoms with E-state index in [-0.39, 0.29) is 21.3 Å². The van der Waals surface area contributed by atoms with Gasteiger partial charge in [-0.05, 0) is 45.6 Å². The summed E-state index contributed by atoms with van der Waals surface area (Å²) in [5.74, 6) is -0.195. The predicted octanol–water partition coefficient (Wildman–Crippen LogP) is 3.17. The summed E-state index contributed by atoms with van der Waals surface area (Å²) in [5, 5.41) is 13.4. The molecule has 10 heteroatoms. The van der Waals surface area contributed by atoms with Crippen molar-refractivity contribution in [2.24, 2.45) is 10.9 Å². The van der Waals surface area contributed by atoms with E-state index >= 15 is 0 Å². The van der Waals surface area contributed by atoms with Crippen LogP contribution in [0.3, 0.4) is 0 Å². The second-order valence-electron chi connectivity index (χ2n) is 3.84. The van der Waals surface area contributed by atoms with Gasteiger partial charge in [0.25, 0.3) is 10.0 Å². The summed E-state index contributed by atoms with van der Waals surface area (Å²) in [4.78, 5) is 0. The monoisotopic (exact) mass is 453 g/mol. The lowest BCUT2D eigenvalue weighted by Gasteiger charge is -2.11. The molecule has 0 radical (unpaired) electrons. The maximum absolute atomic E-state index is 12.3. The van der Waals surface area contributed by atoms with E-state index in [1.807, 2.05) is 0 Å². The van der Waals surface area contributed by atoms with Crippen LogP contribution in [0.1, 0.15) is 5.56 Å². The molecule has 21 heavy (non-hydrogen) atoms. The quantitative estimate of drug-likeness (QED) is 0.285. The summed E-state index contributed by atoms with van der Waals surface area (Å²) in [6.07, 6.45) is 0. The zero-order valence-corrected chi connectivity index (χ0v) is 15.1. The van der Waals surface area contributed by atoms with E-state index in [2.05, 4.69) is 41.7 Å². The highest BCUT2D eigenvalue weighted by molar-refractivity contribution is 9.10. The standard InChI is InChI=1S/C11H9Br2N3O3S2/c12-6-1-2-9(7(5-6)10(14)15-17)16-21(18,19)11-8(13)3-4-20-11/h1-5,16-17H,(H2,14,15). The zero-order valence-electron chi connectivity index (χ0n) is 10.2. The first-order valence-corrected chi connectivity index (χ1v) is 9.33. The third kappa shape index (κ3) is 3.57. The van der Waals surface area contributed by atoms with Gasteiger partial charge in [0.2, 0.25) is 0 Å². The fourth-order valence-corrected chi connectivity index (χ4v) is 5.31. The van der Waals surface area contributed by atoms with Gasteiger partial charge in [-0.2, -0.15) is 0 Å². The molecule has 2 rings (SSSR count). The molecule has 0 saturated carbocycles. The number of anilines is 1. The van der Waals surface area contributed by atoms with Crippen molar-refractivity contribution in [3.63, 3.8) is 0 Å². The molecule has 0 spiro atoms. The van der Waals surface area contributed by atoms with Crippen molar-refractivity contribution >= 4 is 64.7 Å². The third-order valence-corrected chi connectivity index (χ3v) is 6.97. The van der Waals surface area contributed by atoms with Crippen molar-refractivity contribution in [3.8, 4) is 0 Å². The molecule has 0 aliphatic rings. The van der Waals surface area contributed by atoms with Crippen molar-refractivity contribution < 1.29 is 13.6 Å². The molecule has 0 bridgehead atoms. The van der Waals surface area contributed by atoms with Crippen LogP contribution in [0.4, 0.5) is 5.69 Å². The lowest BCUT2D eigenvalue weighted by molar-refractivity contribution is 0.318.